The zero-order valence-electron chi connectivity index (χ0n) is 17.3. The molecule has 3 aromatic rings. The van der Waals surface area contributed by atoms with Gasteiger partial charge in [0, 0.05) is 5.54 Å². The van der Waals surface area contributed by atoms with E-state index in [1.807, 2.05) is 62.7 Å². The van der Waals surface area contributed by atoms with E-state index >= 15 is 0 Å². The monoisotopic (exact) mass is 414 g/mol. The highest BCUT2D eigenvalue weighted by atomic mass is 32.1. The fourth-order valence-electron chi connectivity index (χ4n) is 3.09. The fraction of sp³-hybridized carbons (Fsp3) is 0.381. The molecule has 3 rings (SSSR count). The minimum Gasteiger partial charge on any atom is -0.461 e. The molecule has 2 N–H and O–H groups in total. The van der Waals surface area contributed by atoms with E-state index in [1.54, 1.807) is 10.9 Å². The van der Waals surface area contributed by atoms with E-state index in [2.05, 4.69) is 17.4 Å². The predicted molar refractivity (Wildman–Crippen MR) is 114 cm³/mol. The molecule has 2 aromatic heterocycles. The second-order valence-corrected chi connectivity index (χ2v) is 8.61. The zero-order chi connectivity index (χ0) is 21.0. The summed E-state index contributed by atoms with van der Waals surface area (Å²) in [7, 11) is 1.95. The summed E-state index contributed by atoms with van der Waals surface area (Å²) < 4.78 is 9.89. The first-order chi connectivity index (χ1) is 13.7. The summed E-state index contributed by atoms with van der Waals surface area (Å²) in [6, 6.07) is 13.8. The number of carbonyl (C=O) groups excluding carboxylic acids is 1. The molecule has 0 spiro atoms. The maximum absolute atomic E-state index is 12.2. The Hall–Kier alpha value is -2.71. The van der Waals surface area contributed by atoms with E-state index in [4.69, 9.17) is 21.7 Å². The van der Waals surface area contributed by atoms with Gasteiger partial charge in [0.15, 0.2) is 24.8 Å². The summed E-state index contributed by atoms with van der Waals surface area (Å²) in [5.74, 6) is 1.33. The average molecular weight is 415 g/mol. The van der Waals surface area contributed by atoms with E-state index in [0.29, 0.717) is 36.1 Å². The number of nitrogens with one attached hydrogen (secondary N) is 2. The van der Waals surface area contributed by atoms with Gasteiger partial charge in [-0.3, -0.25) is 9.36 Å². The van der Waals surface area contributed by atoms with Crippen LogP contribution in [-0.2, 0) is 18.0 Å². The Morgan fingerprint density at radius 2 is 1.93 bits per heavy atom. The van der Waals surface area contributed by atoms with Gasteiger partial charge in [-0.15, -0.1) is 5.10 Å². The number of quaternary nitrogens is 1. The maximum atomic E-state index is 12.2. The highest BCUT2D eigenvalue weighted by Gasteiger charge is 2.20. The van der Waals surface area contributed by atoms with Crippen molar-refractivity contribution in [2.45, 2.75) is 39.5 Å². The molecule has 2 heterocycles. The van der Waals surface area contributed by atoms with Crippen molar-refractivity contribution >= 4 is 18.1 Å². The number of furan rings is 1. The summed E-state index contributed by atoms with van der Waals surface area (Å²) in [6.07, 6.45) is 1.62. The van der Waals surface area contributed by atoms with Crippen LogP contribution in [0.1, 0.15) is 26.3 Å². The van der Waals surface area contributed by atoms with Crippen LogP contribution in [0.25, 0.3) is 11.6 Å². The Bertz CT molecular complexity index is 1000. The Balaban J connectivity index is 1.83. The average Bonchev–Trinajstić information content (AvgIpc) is 3.25. The first-order valence-corrected chi connectivity index (χ1v) is 10.0. The number of nitrogens with zero attached hydrogens (tertiary/aromatic N) is 3. The normalized spacial score (nSPS) is 12.7. The van der Waals surface area contributed by atoms with Crippen molar-refractivity contribution in [3.8, 4) is 11.6 Å². The molecule has 0 radical (unpaired) electrons. The lowest BCUT2D eigenvalue weighted by Crippen LogP contribution is -3.09. The lowest BCUT2D eigenvalue weighted by atomic mass is 10.1. The summed E-state index contributed by atoms with van der Waals surface area (Å²) >= 11 is 5.71. The SMILES string of the molecule is C[NH+](CC(=O)NC(C)(C)C)Cn1nc(-c2ccco2)n(Cc2ccccc2)c1=S. The van der Waals surface area contributed by atoms with E-state index in [9.17, 15) is 4.79 Å². The van der Waals surface area contributed by atoms with Crippen LogP contribution >= 0.6 is 12.2 Å². The van der Waals surface area contributed by atoms with Crippen LogP contribution < -0.4 is 10.2 Å². The fourth-order valence-corrected chi connectivity index (χ4v) is 3.35. The zero-order valence-corrected chi connectivity index (χ0v) is 18.1. The van der Waals surface area contributed by atoms with Crippen molar-refractivity contribution in [3.63, 3.8) is 0 Å². The van der Waals surface area contributed by atoms with Crippen molar-refractivity contribution in [2.24, 2.45) is 0 Å². The third kappa shape index (κ3) is 5.65. The molecule has 7 nitrogen and oxygen atoms in total. The van der Waals surface area contributed by atoms with Crippen molar-refractivity contribution in [2.75, 3.05) is 13.6 Å². The molecule has 0 aliphatic rings. The number of likely N-dealkylation sites (N-methyl/N-ethyl adjacent to an activating group) is 1. The molecule has 29 heavy (non-hydrogen) atoms. The quantitative estimate of drug-likeness (QED) is 0.581. The van der Waals surface area contributed by atoms with Gasteiger partial charge in [0.05, 0.1) is 19.9 Å². The highest BCUT2D eigenvalue weighted by molar-refractivity contribution is 7.71. The third-order valence-electron chi connectivity index (χ3n) is 4.24. The minimum absolute atomic E-state index is 0.00325. The van der Waals surface area contributed by atoms with Gasteiger partial charge in [0.25, 0.3) is 5.91 Å². The number of carbonyl (C=O) groups is 1. The molecule has 1 amide bonds. The maximum Gasteiger partial charge on any atom is 0.275 e. The second kappa shape index (κ2) is 8.75. The molecular formula is C21H28N5O2S+. The Labute approximate surface area is 175 Å². The smallest absolute Gasteiger partial charge is 0.275 e. The number of hydrogen-bond acceptors (Lipinski definition) is 4. The molecule has 1 unspecified atom stereocenters. The van der Waals surface area contributed by atoms with E-state index in [-0.39, 0.29) is 11.4 Å². The van der Waals surface area contributed by atoms with Gasteiger partial charge >= 0.3 is 0 Å². The van der Waals surface area contributed by atoms with Gasteiger partial charge in [-0.1, -0.05) is 30.3 Å². The molecule has 1 aromatic carbocycles. The van der Waals surface area contributed by atoms with Crippen molar-refractivity contribution in [1.29, 1.82) is 0 Å². The molecule has 0 aliphatic carbocycles. The summed E-state index contributed by atoms with van der Waals surface area (Å²) in [5, 5.41) is 7.69. The lowest BCUT2D eigenvalue weighted by molar-refractivity contribution is -0.895. The van der Waals surface area contributed by atoms with Crippen LogP contribution in [0.2, 0.25) is 0 Å². The van der Waals surface area contributed by atoms with E-state index < -0.39 is 0 Å². The van der Waals surface area contributed by atoms with Gasteiger partial charge in [0.1, 0.15) is 0 Å². The van der Waals surface area contributed by atoms with Gasteiger partial charge in [-0.25, -0.2) is 0 Å². The Morgan fingerprint density at radius 3 is 2.55 bits per heavy atom. The van der Waals surface area contributed by atoms with Gasteiger partial charge in [-0.2, -0.15) is 4.68 Å². The van der Waals surface area contributed by atoms with Crippen LogP contribution in [-0.4, -0.2) is 39.4 Å². The predicted octanol–water partition coefficient (Wildman–Crippen LogP) is 2.11. The van der Waals surface area contributed by atoms with Crippen molar-refractivity contribution in [1.82, 2.24) is 19.7 Å². The van der Waals surface area contributed by atoms with Crippen LogP contribution in [0.15, 0.2) is 53.1 Å². The summed E-state index contributed by atoms with van der Waals surface area (Å²) in [4.78, 5) is 13.2. The molecule has 0 fully saturated rings. The molecule has 0 aliphatic heterocycles. The minimum atomic E-state index is -0.253. The van der Waals surface area contributed by atoms with Crippen LogP contribution in [0, 0.1) is 4.77 Å². The number of hydrogen-bond donors (Lipinski definition) is 2. The number of amides is 1. The van der Waals surface area contributed by atoms with Crippen molar-refractivity contribution in [3.05, 3.63) is 59.1 Å². The molecule has 0 bridgehead atoms. The van der Waals surface area contributed by atoms with Crippen LogP contribution in [0.3, 0.4) is 0 Å². The lowest BCUT2D eigenvalue weighted by Gasteiger charge is -2.21. The highest BCUT2D eigenvalue weighted by Crippen LogP contribution is 2.20. The topological polar surface area (TPSA) is 69.4 Å². The van der Waals surface area contributed by atoms with E-state index in [0.717, 1.165) is 10.5 Å². The summed E-state index contributed by atoms with van der Waals surface area (Å²) in [6.45, 7) is 7.32. The molecular weight excluding hydrogens is 386 g/mol. The Kier molecular flexibility index (Phi) is 6.34. The Morgan fingerprint density at radius 1 is 1.21 bits per heavy atom. The van der Waals surface area contributed by atoms with Gasteiger partial charge in [-0.05, 0) is 50.7 Å². The molecule has 1 atom stereocenters. The first kappa shape index (κ1) is 21.0. The number of benzene rings is 1. The van der Waals surface area contributed by atoms with Crippen molar-refractivity contribution < 1.29 is 14.1 Å². The number of rotatable bonds is 7. The van der Waals surface area contributed by atoms with Crippen LogP contribution in [0.4, 0.5) is 0 Å². The largest absolute Gasteiger partial charge is 0.461 e. The molecule has 0 saturated heterocycles. The molecule has 0 saturated carbocycles. The number of aromatic nitrogens is 3. The van der Waals surface area contributed by atoms with Crippen LogP contribution in [0.5, 0.6) is 0 Å². The van der Waals surface area contributed by atoms with Gasteiger partial charge < -0.3 is 14.6 Å². The standard InChI is InChI=1S/C21H27N5O2S/c1-21(2,3)22-18(27)14-24(4)15-26-20(29)25(13-16-9-6-5-7-10-16)19(23-26)17-11-8-12-28-17/h5-12H,13-15H2,1-4H3,(H,22,27)/p+1. The third-order valence-corrected chi connectivity index (χ3v) is 4.68. The second-order valence-electron chi connectivity index (χ2n) is 8.24. The first-order valence-electron chi connectivity index (χ1n) is 9.61. The molecule has 154 valence electrons. The summed E-state index contributed by atoms with van der Waals surface area (Å²) in [5.41, 5.74) is 0.874. The van der Waals surface area contributed by atoms with E-state index in [1.165, 1.54) is 0 Å². The van der Waals surface area contributed by atoms with Gasteiger partial charge in [0.2, 0.25) is 4.77 Å². The molecule has 8 heteroatoms.